The van der Waals surface area contributed by atoms with Crippen LogP contribution >= 0.6 is 28.1 Å². The molecule has 1 unspecified atom stereocenters. The molecular weight excluding hydrogens is 442 g/mol. The van der Waals surface area contributed by atoms with Crippen molar-refractivity contribution >= 4 is 45.1 Å². The van der Waals surface area contributed by atoms with Crippen LogP contribution in [0.2, 0.25) is 0 Å². The molecule has 0 aliphatic heterocycles. The zero-order valence-electron chi connectivity index (χ0n) is 15.6. The Labute approximate surface area is 178 Å². The second-order valence-electron chi connectivity index (χ2n) is 6.10. The highest BCUT2D eigenvalue weighted by atomic mass is 79.9. The summed E-state index contributed by atoms with van der Waals surface area (Å²) >= 11 is 8.30. The van der Waals surface area contributed by atoms with Crippen molar-refractivity contribution < 1.29 is 14.3 Å². The summed E-state index contributed by atoms with van der Waals surface area (Å²) in [5.74, 6) is 0.265. The first kappa shape index (κ1) is 21.8. The van der Waals surface area contributed by atoms with Gasteiger partial charge in [-0.1, -0.05) is 38.1 Å². The van der Waals surface area contributed by atoms with Crippen LogP contribution in [0, 0.1) is 0 Å². The van der Waals surface area contributed by atoms with Crippen LogP contribution in [0.5, 0.6) is 5.75 Å². The number of carbonyl (C=O) groups is 2. The summed E-state index contributed by atoms with van der Waals surface area (Å²) in [6.07, 6.45) is 1.06. The molecule has 2 amide bonds. The molecule has 1 atom stereocenters. The Morgan fingerprint density at radius 3 is 2.43 bits per heavy atom. The lowest BCUT2D eigenvalue weighted by atomic mass is 9.99. The number of halogens is 1. The largest absolute Gasteiger partial charge is 0.484 e. The highest BCUT2D eigenvalue weighted by Gasteiger charge is 2.11. The molecule has 148 valence electrons. The molecule has 3 N–H and O–H groups in total. The summed E-state index contributed by atoms with van der Waals surface area (Å²) in [4.78, 5) is 24.0. The molecule has 0 aliphatic carbocycles. The summed E-state index contributed by atoms with van der Waals surface area (Å²) in [6, 6.07) is 14.6. The SMILES string of the molecule is CCC(C)c1ccc(OCC(=O)NNC(=S)NC(=O)c2ccccc2Br)cc1. The minimum atomic E-state index is -0.427. The van der Waals surface area contributed by atoms with Crippen LogP contribution in [-0.4, -0.2) is 23.5 Å². The average molecular weight is 464 g/mol. The fourth-order valence-corrected chi connectivity index (χ4v) is 2.90. The molecule has 6 nitrogen and oxygen atoms in total. The van der Waals surface area contributed by atoms with Gasteiger partial charge in [0, 0.05) is 4.47 Å². The van der Waals surface area contributed by atoms with E-state index < -0.39 is 11.8 Å². The lowest BCUT2D eigenvalue weighted by Gasteiger charge is -2.12. The number of rotatable bonds is 6. The third kappa shape index (κ3) is 6.61. The summed E-state index contributed by atoms with van der Waals surface area (Å²) < 4.78 is 6.09. The Kier molecular flexibility index (Phi) is 8.41. The first-order valence-electron chi connectivity index (χ1n) is 8.78. The molecule has 0 spiro atoms. The van der Waals surface area contributed by atoms with Gasteiger partial charge in [0.2, 0.25) is 0 Å². The lowest BCUT2D eigenvalue weighted by molar-refractivity contribution is -0.123. The molecule has 2 aromatic carbocycles. The van der Waals surface area contributed by atoms with Gasteiger partial charge in [-0.05, 0) is 70.3 Å². The zero-order chi connectivity index (χ0) is 20.5. The van der Waals surface area contributed by atoms with Crippen LogP contribution in [0.4, 0.5) is 0 Å². The van der Waals surface area contributed by atoms with Crippen molar-refractivity contribution in [2.24, 2.45) is 0 Å². The third-order valence-electron chi connectivity index (χ3n) is 4.09. The number of ether oxygens (including phenoxy) is 1. The van der Waals surface area contributed by atoms with E-state index in [2.05, 4.69) is 45.9 Å². The maximum Gasteiger partial charge on any atom is 0.276 e. The number of amides is 2. The molecule has 0 radical (unpaired) electrons. The second kappa shape index (κ2) is 10.8. The lowest BCUT2D eigenvalue weighted by Crippen LogP contribution is -2.49. The van der Waals surface area contributed by atoms with Crippen LogP contribution in [0.1, 0.15) is 42.1 Å². The minimum absolute atomic E-state index is 0.0213. The van der Waals surface area contributed by atoms with Gasteiger partial charge in [-0.3, -0.25) is 25.8 Å². The van der Waals surface area contributed by atoms with Gasteiger partial charge < -0.3 is 4.74 Å². The van der Waals surface area contributed by atoms with E-state index in [1.807, 2.05) is 24.3 Å². The maximum absolute atomic E-state index is 12.1. The van der Waals surface area contributed by atoms with E-state index in [-0.39, 0.29) is 11.7 Å². The number of hydrogen-bond donors (Lipinski definition) is 3. The molecular formula is C20H22BrN3O3S. The second-order valence-corrected chi connectivity index (χ2v) is 7.37. The van der Waals surface area contributed by atoms with Crippen molar-refractivity contribution in [3.63, 3.8) is 0 Å². The number of hydrogen-bond acceptors (Lipinski definition) is 4. The first-order chi connectivity index (χ1) is 13.4. The minimum Gasteiger partial charge on any atom is -0.484 e. The van der Waals surface area contributed by atoms with Gasteiger partial charge in [0.25, 0.3) is 11.8 Å². The van der Waals surface area contributed by atoms with Crippen molar-refractivity contribution in [2.45, 2.75) is 26.2 Å². The van der Waals surface area contributed by atoms with Crippen LogP contribution in [0.15, 0.2) is 53.0 Å². The van der Waals surface area contributed by atoms with E-state index in [1.165, 1.54) is 5.56 Å². The van der Waals surface area contributed by atoms with E-state index in [1.54, 1.807) is 24.3 Å². The van der Waals surface area contributed by atoms with Gasteiger partial charge in [0.05, 0.1) is 5.56 Å². The summed E-state index contributed by atoms with van der Waals surface area (Å²) in [6.45, 7) is 4.11. The molecule has 0 bridgehead atoms. The van der Waals surface area contributed by atoms with Gasteiger partial charge in [0.1, 0.15) is 5.75 Å². The normalized spacial score (nSPS) is 11.2. The third-order valence-corrected chi connectivity index (χ3v) is 4.99. The van der Waals surface area contributed by atoms with Gasteiger partial charge in [-0.25, -0.2) is 0 Å². The summed E-state index contributed by atoms with van der Waals surface area (Å²) in [5.41, 5.74) is 6.52. The molecule has 0 fully saturated rings. The van der Waals surface area contributed by atoms with E-state index in [4.69, 9.17) is 17.0 Å². The predicted octanol–water partition coefficient (Wildman–Crippen LogP) is 3.68. The topological polar surface area (TPSA) is 79.5 Å². The zero-order valence-corrected chi connectivity index (χ0v) is 18.0. The first-order valence-corrected chi connectivity index (χ1v) is 9.98. The molecule has 0 saturated carbocycles. The predicted molar refractivity (Wildman–Crippen MR) is 116 cm³/mol. The number of benzene rings is 2. The molecule has 0 saturated heterocycles. The monoisotopic (exact) mass is 463 g/mol. The fraction of sp³-hybridized carbons (Fsp3) is 0.250. The molecule has 2 aromatic rings. The van der Waals surface area contributed by atoms with Crippen molar-refractivity contribution in [3.8, 4) is 5.75 Å². The number of thiocarbonyl (C=S) groups is 1. The van der Waals surface area contributed by atoms with E-state index >= 15 is 0 Å². The number of carbonyl (C=O) groups excluding carboxylic acids is 2. The van der Waals surface area contributed by atoms with E-state index in [0.29, 0.717) is 21.7 Å². The quantitative estimate of drug-likeness (QED) is 0.449. The van der Waals surface area contributed by atoms with Crippen LogP contribution in [0.3, 0.4) is 0 Å². The standard InChI is InChI=1S/C20H22BrN3O3S/c1-3-13(2)14-8-10-15(11-9-14)27-12-18(25)23-24-20(28)22-19(26)16-6-4-5-7-17(16)21/h4-11,13H,3,12H2,1-2H3,(H,23,25)(H2,22,24,26,28). The smallest absolute Gasteiger partial charge is 0.276 e. The van der Waals surface area contributed by atoms with Crippen molar-refractivity contribution in [1.29, 1.82) is 0 Å². The molecule has 0 heterocycles. The Hall–Kier alpha value is -2.45. The Bertz CT molecular complexity index is 843. The molecule has 2 rings (SSSR count). The molecule has 8 heteroatoms. The van der Waals surface area contributed by atoms with Gasteiger partial charge in [0.15, 0.2) is 11.7 Å². The van der Waals surface area contributed by atoms with Crippen LogP contribution in [0.25, 0.3) is 0 Å². The Morgan fingerprint density at radius 1 is 1.11 bits per heavy atom. The Morgan fingerprint density at radius 2 is 1.79 bits per heavy atom. The highest BCUT2D eigenvalue weighted by molar-refractivity contribution is 9.10. The molecule has 0 aliphatic rings. The van der Waals surface area contributed by atoms with Gasteiger partial charge >= 0.3 is 0 Å². The number of hydrazine groups is 1. The highest BCUT2D eigenvalue weighted by Crippen LogP contribution is 2.21. The molecule has 28 heavy (non-hydrogen) atoms. The average Bonchev–Trinajstić information content (AvgIpc) is 2.70. The molecule has 0 aromatic heterocycles. The van der Waals surface area contributed by atoms with Crippen molar-refractivity contribution in [3.05, 3.63) is 64.1 Å². The maximum atomic E-state index is 12.1. The fourth-order valence-electron chi connectivity index (χ4n) is 2.29. The van der Waals surface area contributed by atoms with E-state index in [9.17, 15) is 9.59 Å². The van der Waals surface area contributed by atoms with Crippen LogP contribution in [-0.2, 0) is 4.79 Å². The van der Waals surface area contributed by atoms with Crippen molar-refractivity contribution in [1.82, 2.24) is 16.2 Å². The summed E-state index contributed by atoms with van der Waals surface area (Å²) in [7, 11) is 0. The number of nitrogens with one attached hydrogen (secondary N) is 3. The summed E-state index contributed by atoms with van der Waals surface area (Å²) in [5, 5.41) is 2.46. The van der Waals surface area contributed by atoms with Gasteiger partial charge in [-0.15, -0.1) is 0 Å². The Balaban J connectivity index is 1.74. The van der Waals surface area contributed by atoms with E-state index in [0.717, 1.165) is 6.42 Å². The van der Waals surface area contributed by atoms with Crippen LogP contribution < -0.4 is 20.9 Å². The van der Waals surface area contributed by atoms with Crippen molar-refractivity contribution in [2.75, 3.05) is 6.61 Å². The van der Waals surface area contributed by atoms with Gasteiger partial charge in [-0.2, -0.15) is 0 Å².